The maximum atomic E-state index is 11.9. The number of nitrogens with one attached hydrogen (secondary N) is 1. The van der Waals surface area contributed by atoms with Gasteiger partial charge in [-0.05, 0) is 41.5 Å². The Morgan fingerprint density at radius 2 is 2.20 bits per heavy atom. The zero-order chi connectivity index (χ0) is 14.6. The van der Waals surface area contributed by atoms with Crippen LogP contribution < -0.4 is 4.72 Å². The molecule has 0 radical (unpaired) electrons. The first-order valence-corrected chi connectivity index (χ1v) is 8.11. The first kappa shape index (κ1) is 14.7. The Hall–Kier alpha value is -1.67. The number of aryl methyl sites for hydroxylation is 1. The van der Waals surface area contributed by atoms with Crippen molar-refractivity contribution in [3.63, 3.8) is 0 Å². The van der Waals surface area contributed by atoms with Crippen molar-refractivity contribution in [2.75, 3.05) is 16.4 Å². The summed E-state index contributed by atoms with van der Waals surface area (Å²) in [5.41, 5.74) is 2.00. The van der Waals surface area contributed by atoms with Crippen LogP contribution in [0.1, 0.15) is 12.0 Å². The van der Waals surface area contributed by atoms with Crippen molar-refractivity contribution in [3.05, 3.63) is 30.1 Å². The van der Waals surface area contributed by atoms with Crippen LogP contribution in [0.15, 0.2) is 24.5 Å². The molecule has 1 N–H and O–H groups in total. The van der Waals surface area contributed by atoms with Gasteiger partial charge < -0.3 is 0 Å². The van der Waals surface area contributed by atoms with Crippen molar-refractivity contribution >= 4 is 27.3 Å². The molecular weight excluding hydrogens is 302 g/mol. The number of sulfonamides is 1. The predicted octanol–water partition coefficient (Wildman–Crippen LogP) is 1.34. The molecule has 0 bridgehead atoms. The molecule has 0 aliphatic rings. The van der Waals surface area contributed by atoms with Gasteiger partial charge >= 0.3 is 0 Å². The molecule has 2 aromatic rings. The zero-order valence-corrected chi connectivity index (χ0v) is 12.4. The maximum absolute atomic E-state index is 11.9. The summed E-state index contributed by atoms with van der Waals surface area (Å²) in [6.07, 6.45) is 1.85. The molecule has 1 heterocycles. The number of hydrogen-bond donors (Lipinski definition) is 1. The van der Waals surface area contributed by atoms with Crippen LogP contribution in [0.2, 0.25) is 0 Å². The number of aromatic nitrogens is 4. The molecule has 7 nitrogen and oxygen atoms in total. The van der Waals surface area contributed by atoms with E-state index in [1.165, 1.54) is 11.0 Å². The molecule has 0 aliphatic heterocycles. The van der Waals surface area contributed by atoms with Gasteiger partial charge in [-0.2, -0.15) is 0 Å². The van der Waals surface area contributed by atoms with Crippen LogP contribution in [0, 0.1) is 6.92 Å². The summed E-state index contributed by atoms with van der Waals surface area (Å²) in [5.74, 6) is 0.301. The molecule has 0 atom stereocenters. The molecule has 20 heavy (non-hydrogen) atoms. The number of nitrogens with zero attached hydrogens (tertiary/aromatic N) is 4. The molecule has 0 unspecified atom stereocenters. The van der Waals surface area contributed by atoms with Crippen molar-refractivity contribution in [2.24, 2.45) is 0 Å². The van der Waals surface area contributed by atoms with Crippen LogP contribution in [0.25, 0.3) is 5.69 Å². The Morgan fingerprint density at radius 3 is 2.85 bits per heavy atom. The number of rotatable bonds is 6. The fraction of sp³-hybridized carbons (Fsp3) is 0.364. The molecule has 0 saturated carbocycles. The highest BCUT2D eigenvalue weighted by Crippen LogP contribution is 2.20. The molecule has 0 fully saturated rings. The van der Waals surface area contributed by atoms with E-state index in [4.69, 9.17) is 11.6 Å². The van der Waals surface area contributed by atoms with Crippen LogP contribution in [0.5, 0.6) is 0 Å². The van der Waals surface area contributed by atoms with E-state index in [1.807, 2.05) is 13.0 Å². The predicted molar refractivity (Wildman–Crippen MR) is 76.6 cm³/mol. The second kappa shape index (κ2) is 6.19. The Balaban J connectivity index is 2.26. The fourth-order valence-corrected chi connectivity index (χ4v) is 3.08. The molecule has 9 heteroatoms. The summed E-state index contributed by atoms with van der Waals surface area (Å²) in [5, 5.41) is 10.9. The first-order chi connectivity index (χ1) is 9.52. The largest absolute Gasteiger partial charge is 0.283 e. The van der Waals surface area contributed by atoms with E-state index >= 15 is 0 Å². The van der Waals surface area contributed by atoms with E-state index in [0.29, 0.717) is 23.7 Å². The van der Waals surface area contributed by atoms with Gasteiger partial charge in [0.05, 0.1) is 17.1 Å². The normalized spacial score (nSPS) is 11.5. The summed E-state index contributed by atoms with van der Waals surface area (Å²) in [4.78, 5) is 0. The molecule has 2 rings (SSSR count). The third-order valence-electron chi connectivity index (χ3n) is 2.65. The Labute approximate surface area is 122 Å². The average Bonchev–Trinajstić information content (AvgIpc) is 2.93. The van der Waals surface area contributed by atoms with E-state index in [2.05, 4.69) is 20.2 Å². The summed E-state index contributed by atoms with van der Waals surface area (Å²) >= 11 is 5.52. The van der Waals surface area contributed by atoms with Crippen molar-refractivity contribution in [1.29, 1.82) is 0 Å². The molecule has 1 aromatic heterocycles. The van der Waals surface area contributed by atoms with Gasteiger partial charge in [0.2, 0.25) is 10.0 Å². The lowest BCUT2D eigenvalue weighted by atomic mass is 10.2. The smallest absolute Gasteiger partial charge is 0.232 e. The second-order valence-electron chi connectivity index (χ2n) is 4.22. The molecule has 108 valence electrons. The standard InChI is InChI=1S/C11H14ClN5O2S/c1-9-3-4-10(17-8-13-15-16-17)7-11(9)14-20(18,19)6-2-5-12/h3-4,7-8,14H,2,5-6H2,1H3. The van der Waals surface area contributed by atoms with Crippen molar-refractivity contribution < 1.29 is 8.42 Å². The van der Waals surface area contributed by atoms with Crippen molar-refractivity contribution in [1.82, 2.24) is 20.2 Å². The van der Waals surface area contributed by atoms with E-state index < -0.39 is 10.0 Å². The lowest BCUT2D eigenvalue weighted by Gasteiger charge is -2.11. The lowest BCUT2D eigenvalue weighted by molar-refractivity contribution is 0.600. The summed E-state index contributed by atoms with van der Waals surface area (Å²) < 4.78 is 27.8. The summed E-state index contributed by atoms with van der Waals surface area (Å²) in [6.45, 7) is 1.82. The Bertz CT molecular complexity index is 672. The van der Waals surface area contributed by atoms with Crippen molar-refractivity contribution in [3.8, 4) is 5.69 Å². The minimum Gasteiger partial charge on any atom is -0.283 e. The van der Waals surface area contributed by atoms with Gasteiger partial charge in [0.25, 0.3) is 0 Å². The van der Waals surface area contributed by atoms with E-state index in [0.717, 1.165) is 5.56 Å². The third kappa shape index (κ3) is 3.67. The number of halogens is 1. The van der Waals surface area contributed by atoms with E-state index in [1.54, 1.807) is 12.1 Å². The van der Waals surface area contributed by atoms with Crippen LogP contribution in [0.4, 0.5) is 5.69 Å². The number of alkyl halides is 1. The fourth-order valence-electron chi connectivity index (χ4n) is 1.61. The molecule has 0 saturated heterocycles. The van der Waals surface area contributed by atoms with Gasteiger partial charge in [-0.1, -0.05) is 6.07 Å². The first-order valence-electron chi connectivity index (χ1n) is 5.92. The highest BCUT2D eigenvalue weighted by atomic mass is 35.5. The minimum atomic E-state index is -3.40. The third-order valence-corrected chi connectivity index (χ3v) is 4.27. The highest BCUT2D eigenvalue weighted by Gasteiger charge is 2.12. The van der Waals surface area contributed by atoms with Gasteiger partial charge in [0, 0.05) is 5.88 Å². The molecule has 1 aromatic carbocycles. The maximum Gasteiger partial charge on any atom is 0.232 e. The topological polar surface area (TPSA) is 89.8 Å². The monoisotopic (exact) mass is 315 g/mol. The molecule has 0 spiro atoms. The van der Waals surface area contributed by atoms with Crippen LogP contribution in [-0.4, -0.2) is 40.3 Å². The van der Waals surface area contributed by atoms with Crippen LogP contribution >= 0.6 is 11.6 Å². The summed E-state index contributed by atoms with van der Waals surface area (Å²) in [6, 6.07) is 5.29. The average molecular weight is 316 g/mol. The highest BCUT2D eigenvalue weighted by molar-refractivity contribution is 7.92. The summed E-state index contributed by atoms with van der Waals surface area (Å²) in [7, 11) is -3.40. The molecule has 0 aliphatic carbocycles. The van der Waals surface area contributed by atoms with Gasteiger partial charge in [0.1, 0.15) is 6.33 Å². The zero-order valence-electron chi connectivity index (χ0n) is 10.8. The van der Waals surface area contributed by atoms with E-state index in [-0.39, 0.29) is 5.75 Å². The van der Waals surface area contributed by atoms with Crippen LogP contribution in [0.3, 0.4) is 0 Å². The number of benzene rings is 1. The van der Waals surface area contributed by atoms with Gasteiger partial charge in [-0.25, -0.2) is 13.1 Å². The molecule has 0 amide bonds. The van der Waals surface area contributed by atoms with Gasteiger partial charge in [-0.3, -0.25) is 4.72 Å². The van der Waals surface area contributed by atoms with E-state index in [9.17, 15) is 8.42 Å². The molecular formula is C11H14ClN5O2S. The van der Waals surface area contributed by atoms with Gasteiger partial charge in [-0.15, -0.1) is 16.7 Å². The number of anilines is 1. The minimum absolute atomic E-state index is 0.00888. The quantitative estimate of drug-likeness (QED) is 0.812. The number of tetrazole rings is 1. The van der Waals surface area contributed by atoms with Gasteiger partial charge in [0.15, 0.2) is 0 Å². The lowest BCUT2D eigenvalue weighted by Crippen LogP contribution is -2.17. The number of hydrogen-bond acceptors (Lipinski definition) is 5. The Morgan fingerprint density at radius 1 is 1.40 bits per heavy atom. The second-order valence-corrected chi connectivity index (χ2v) is 6.44. The SMILES string of the molecule is Cc1ccc(-n2cnnn2)cc1NS(=O)(=O)CCCCl. The van der Waals surface area contributed by atoms with Crippen LogP contribution in [-0.2, 0) is 10.0 Å². The van der Waals surface area contributed by atoms with Crippen molar-refractivity contribution in [2.45, 2.75) is 13.3 Å². The Kier molecular flexibility index (Phi) is 4.56.